The molecule has 0 saturated heterocycles. The normalized spacial score (nSPS) is 19.0. The fourth-order valence-corrected chi connectivity index (χ4v) is 4.44. The van der Waals surface area contributed by atoms with E-state index in [4.69, 9.17) is 4.74 Å². The van der Waals surface area contributed by atoms with Crippen molar-refractivity contribution in [1.82, 2.24) is 9.78 Å². The molecule has 1 N–H and O–H groups in total. The van der Waals surface area contributed by atoms with Crippen LogP contribution in [0.5, 0.6) is 17.2 Å². The number of halogens is 2. The summed E-state index contributed by atoms with van der Waals surface area (Å²) >= 11 is 0. The van der Waals surface area contributed by atoms with Gasteiger partial charge >= 0.3 is 12.3 Å². The molecule has 36 heavy (non-hydrogen) atoms. The minimum absolute atomic E-state index is 0.0562. The zero-order chi connectivity index (χ0) is 25.0. The van der Waals surface area contributed by atoms with E-state index in [-0.39, 0.29) is 23.5 Å². The summed E-state index contributed by atoms with van der Waals surface area (Å²) < 4.78 is 43.2. The van der Waals surface area contributed by atoms with Crippen LogP contribution in [0.2, 0.25) is 0 Å². The fraction of sp³-hybridized carbons (Fsp3) is 0.185. The molecule has 9 heteroatoms. The Morgan fingerprint density at radius 1 is 0.944 bits per heavy atom. The third kappa shape index (κ3) is 3.82. The number of anilines is 1. The summed E-state index contributed by atoms with van der Waals surface area (Å²) in [6.45, 7) is 4.09. The van der Waals surface area contributed by atoms with E-state index in [9.17, 15) is 13.6 Å². The lowest BCUT2D eigenvalue weighted by Gasteiger charge is -2.08. The highest BCUT2D eigenvalue weighted by Crippen LogP contribution is 2.44. The Bertz CT molecular complexity index is 1490. The van der Waals surface area contributed by atoms with Crippen LogP contribution in [0.4, 0.5) is 19.3 Å². The van der Waals surface area contributed by atoms with Gasteiger partial charge in [0.1, 0.15) is 17.5 Å². The predicted octanol–water partition coefficient (Wildman–Crippen LogP) is 6.50. The van der Waals surface area contributed by atoms with Crippen LogP contribution in [-0.4, -0.2) is 28.2 Å². The Balaban J connectivity index is 1.35. The summed E-state index contributed by atoms with van der Waals surface area (Å²) in [5.41, 5.74) is 4.05. The number of fused-ring (bicyclic) bond motifs is 2. The van der Waals surface area contributed by atoms with Crippen LogP contribution >= 0.6 is 0 Å². The first-order valence-corrected chi connectivity index (χ1v) is 11.4. The summed E-state index contributed by atoms with van der Waals surface area (Å²) in [7, 11) is 0. The van der Waals surface area contributed by atoms with Gasteiger partial charge in [-0.15, -0.1) is 8.78 Å². The second kappa shape index (κ2) is 8.08. The smallest absolute Gasteiger partial charge is 0.490 e. The molecule has 3 aromatic carbocycles. The Labute approximate surface area is 205 Å². The van der Waals surface area contributed by atoms with Crippen molar-refractivity contribution in [3.63, 3.8) is 0 Å². The van der Waals surface area contributed by atoms with Crippen molar-refractivity contribution < 1.29 is 27.8 Å². The highest BCUT2D eigenvalue weighted by Gasteiger charge is 2.43. The number of hydrogen-bond acceptors (Lipinski definition) is 5. The molecule has 0 bridgehead atoms. The summed E-state index contributed by atoms with van der Waals surface area (Å²) in [4.78, 5) is 13.2. The van der Waals surface area contributed by atoms with E-state index >= 15 is 0 Å². The number of ether oxygens (including phenoxy) is 3. The van der Waals surface area contributed by atoms with Gasteiger partial charge in [-0.3, -0.25) is 0 Å². The average Bonchev–Trinajstić information content (AvgIpc) is 3.52. The second-order valence-electron chi connectivity index (χ2n) is 8.83. The maximum Gasteiger partial charge on any atom is 0.586 e. The Kier molecular flexibility index (Phi) is 4.96. The van der Waals surface area contributed by atoms with Crippen molar-refractivity contribution in [3.05, 3.63) is 78.5 Å². The van der Waals surface area contributed by atoms with E-state index < -0.39 is 12.3 Å². The molecule has 0 fully saturated rings. The summed E-state index contributed by atoms with van der Waals surface area (Å²) in [6.07, 6.45) is -2.09. The van der Waals surface area contributed by atoms with E-state index in [0.29, 0.717) is 22.5 Å². The first kappa shape index (κ1) is 22.1. The number of alkyl halides is 2. The lowest BCUT2D eigenvalue weighted by atomic mass is 9.98. The van der Waals surface area contributed by atoms with Crippen LogP contribution < -0.4 is 19.5 Å². The molecule has 1 aromatic heterocycles. The van der Waals surface area contributed by atoms with Gasteiger partial charge in [0.15, 0.2) is 11.5 Å². The average molecular weight is 489 g/mol. The number of nitrogens with one attached hydrogen (secondary N) is 1. The molecule has 0 aliphatic carbocycles. The molecule has 182 valence electrons. The zero-order valence-electron chi connectivity index (χ0n) is 19.4. The first-order chi connectivity index (χ1) is 17.3. The van der Waals surface area contributed by atoms with Gasteiger partial charge in [0.25, 0.3) is 0 Å². The summed E-state index contributed by atoms with van der Waals surface area (Å²) in [5.74, 6) is 0.877. The molecule has 0 spiro atoms. The molecule has 2 unspecified atom stereocenters. The molecule has 4 aromatic rings. The number of benzene rings is 3. The Morgan fingerprint density at radius 2 is 1.69 bits per heavy atom. The third-order valence-corrected chi connectivity index (χ3v) is 6.45. The molecule has 2 aliphatic rings. The topological polar surface area (TPSA) is 74.6 Å². The number of carbonyl (C=O) groups is 1. The third-order valence-electron chi connectivity index (χ3n) is 6.45. The zero-order valence-corrected chi connectivity index (χ0v) is 19.4. The molecule has 1 amide bonds. The SMILES string of the molecule is CC1Oc2ccc(NC(=O)n3cc(-c4ccc5c(c4)OC(F)(F)O5)c(-c4ccccc4)n3)cc2C1C. The number of amides is 1. The van der Waals surface area contributed by atoms with Gasteiger partial charge in [0, 0.05) is 34.5 Å². The van der Waals surface area contributed by atoms with E-state index in [1.807, 2.05) is 49.4 Å². The lowest BCUT2D eigenvalue weighted by Crippen LogP contribution is -2.25. The van der Waals surface area contributed by atoms with Crippen molar-refractivity contribution in [2.75, 3.05) is 5.32 Å². The molecule has 7 nitrogen and oxygen atoms in total. The monoisotopic (exact) mass is 489 g/mol. The maximum absolute atomic E-state index is 13.5. The fourth-order valence-electron chi connectivity index (χ4n) is 4.44. The van der Waals surface area contributed by atoms with E-state index in [1.54, 1.807) is 18.3 Å². The maximum atomic E-state index is 13.5. The molecule has 2 atom stereocenters. The predicted molar refractivity (Wildman–Crippen MR) is 129 cm³/mol. The lowest BCUT2D eigenvalue weighted by molar-refractivity contribution is -0.286. The minimum Gasteiger partial charge on any atom is -0.490 e. The van der Waals surface area contributed by atoms with Crippen molar-refractivity contribution in [3.8, 4) is 39.6 Å². The van der Waals surface area contributed by atoms with Crippen LogP contribution in [0.25, 0.3) is 22.4 Å². The second-order valence-corrected chi connectivity index (χ2v) is 8.83. The quantitative estimate of drug-likeness (QED) is 0.355. The summed E-state index contributed by atoms with van der Waals surface area (Å²) in [5, 5.41) is 7.42. The van der Waals surface area contributed by atoms with Crippen molar-refractivity contribution in [2.45, 2.75) is 32.2 Å². The molecule has 2 aliphatic heterocycles. The van der Waals surface area contributed by atoms with Crippen LogP contribution in [0.3, 0.4) is 0 Å². The van der Waals surface area contributed by atoms with Crippen LogP contribution in [0.1, 0.15) is 25.3 Å². The molecule has 0 radical (unpaired) electrons. The van der Waals surface area contributed by atoms with Crippen LogP contribution in [-0.2, 0) is 0 Å². The van der Waals surface area contributed by atoms with Crippen molar-refractivity contribution >= 4 is 11.7 Å². The van der Waals surface area contributed by atoms with Gasteiger partial charge in [-0.05, 0) is 42.8 Å². The number of rotatable bonds is 3. The highest BCUT2D eigenvalue weighted by molar-refractivity contribution is 5.93. The van der Waals surface area contributed by atoms with Gasteiger partial charge in [0.05, 0.1) is 0 Å². The van der Waals surface area contributed by atoms with Gasteiger partial charge in [-0.2, -0.15) is 9.78 Å². The van der Waals surface area contributed by atoms with Crippen molar-refractivity contribution in [1.29, 1.82) is 0 Å². The Morgan fingerprint density at radius 3 is 2.50 bits per heavy atom. The molecular weight excluding hydrogens is 468 g/mol. The standard InChI is InChI=1S/C27H21F2N3O4/c1-15-16(2)34-22-11-9-19(13-20(15)22)30-26(33)32-14-21(25(31-32)17-6-4-3-5-7-17)18-8-10-23-24(12-18)36-27(28,29)35-23/h3-16H,1-2H3,(H,30,33). The van der Waals surface area contributed by atoms with Gasteiger partial charge in [-0.1, -0.05) is 43.3 Å². The largest absolute Gasteiger partial charge is 0.586 e. The molecule has 3 heterocycles. The van der Waals surface area contributed by atoms with Crippen LogP contribution in [0.15, 0.2) is 72.9 Å². The summed E-state index contributed by atoms with van der Waals surface area (Å²) in [6, 6.07) is 18.8. The Hall–Kier alpha value is -4.40. The number of carbonyl (C=O) groups excluding carboxylic acids is 1. The molecule has 0 saturated carbocycles. The van der Waals surface area contributed by atoms with E-state index in [1.165, 1.54) is 16.8 Å². The van der Waals surface area contributed by atoms with E-state index in [0.717, 1.165) is 16.9 Å². The number of aromatic nitrogens is 2. The van der Waals surface area contributed by atoms with Gasteiger partial charge in [0.2, 0.25) is 0 Å². The molecule has 6 rings (SSSR count). The van der Waals surface area contributed by atoms with Crippen LogP contribution in [0, 0.1) is 0 Å². The van der Waals surface area contributed by atoms with Gasteiger partial charge in [-0.25, -0.2) is 4.79 Å². The van der Waals surface area contributed by atoms with Crippen molar-refractivity contribution in [2.24, 2.45) is 0 Å². The highest BCUT2D eigenvalue weighted by atomic mass is 19.3. The van der Waals surface area contributed by atoms with E-state index in [2.05, 4.69) is 26.8 Å². The van der Waals surface area contributed by atoms with Gasteiger partial charge < -0.3 is 19.5 Å². The first-order valence-electron chi connectivity index (χ1n) is 11.4. The number of hydrogen-bond donors (Lipinski definition) is 1. The number of nitrogens with zero attached hydrogens (tertiary/aromatic N) is 2. The molecular formula is C27H21F2N3O4. The minimum atomic E-state index is -3.72.